The van der Waals surface area contributed by atoms with Crippen LogP contribution in [0.25, 0.3) is 0 Å². The van der Waals surface area contributed by atoms with Crippen molar-refractivity contribution in [2.24, 2.45) is 0 Å². The first-order valence-electron chi connectivity index (χ1n) is 9.47. The molecule has 29 heavy (non-hydrogen) atoms. The fraction of sp³-hybridized carbons (Fsp3) is 0.0385. The molecule has 0 aliphatic heterocycles. The van der Waals surface area contributed by atoms with Gasteiger partial charge in [-0.05, 0) is 42.0 Å². The van der Waals surface area contributed by atoms with E-state index in [4.69, 9.17) is 4.74 Å². The highest BCUT2D eigenvalue weighted by Gasteiger charge is 2.29. The van der Waals surface area contributed by atoms with Crippen molar-refractivity contribution in [1.82, 2.24) is 0 Å². The van der Waals surface area contributed by atoms with E-state index < -0.39 is 0 Å². The number of hydrogen-bond donors (Lipinski definition) is 0. The third-order valence-corrected chi connectivity index (χ3v) is 6.69. The molecule has 3 heteroatoms. The molecular formula is C26H21O2S+. The number of carbonyl (C=O) groups is 1. The van der Waals surface area contributed by atoms with Gasteiger partial charge in [0.25, 0.3) is 0 Å². The van der Waals surface area contributed by atoms with Crippen LogP contribution < -0.4 is 0 Å². The second kappa shape index (κ2) is 9.26. The molecule has 0 saturated heterocycles. The first-order chi connectivity index (χ1) is 14.3. The minimum Gasteiger partial charge on any atom is -0.457 e. The second-order valence-electron chi connectivity index (χ2n) is 6.52. The van der Waals surface area contributed by atoms with Gasteiger partial charge >= 0.3 is 5.97 Å². The molecule has 0 aliphatic rings. The maximum atomic E-state index is 12.6. The van der Waals surface area contributed by atoms with E-state index >= 15 is 0 Å². The first kappa shape index (κ1) is 19.0. The smallest absolute Gasteiger partial charge is 0.338 e. The molecule has 0 unspecified atom stereocenters. The summed E-state index contributed by atoms with van der Waals surface area (Å²) in [4.78, 5) is 16.2. The summed E-state index contributed by atoms with van der Waals surface area (Å²) < 4.78 is 5.52. The molecule has 0 amide bonds. The monoisotopic (exact) mass is 397 g/mol. The third kappa shape index (κ3) is 4.76. The molecule has 2 nitrogen and oxygen atoms in total. The molecule has 0 aromatic heterocycles. The van der Waals surface area contributed by atoms with Crippen LogP contribution in [-0.2, 0) is 22.2 Å². The highest BCUT2D eigenvalue weighted by Crippen LogP contribution is 2.31. The lowest BCUT2D eigenvalue weighted by atomic mass is 10.2. The van der Waals surface area contributed by atoms with Crippen LogP contribution in [0.3, 0.4) is 0 Å². The summed E-state index contributed by atoms with van der Waals surface area (Å²) in [7, 11) is -0.289. The topological polar surface area (TPSA) is 26.3 Å². The average Bonchev–Trinajstić information content (AvgIpc) is 2.80. The van der Waals surface area contributed by atoms with Gasteiger partial charge in [0.15, 0.2) is 14.7 Å². The normalized spacial score (nSPS) is 10.7. The van der Waals surface area contributed by atoms with E-state index in [-0.39, 0.29) is 23.5 Å². The molecule has 142 valence electrons. The molecule has 0 N–H and O–H groups in total. The maximum Gasteiger partial charge on any atom is 0.338 e. The van der Waals surface area contributed by atoms with E-state index in [1.54, 1.807) is 0 Å². The van der Waals surface area contributed by atoms with Gasteiger partial charge < -0.3 is 4.74 Å². The van der Waals surface area contributed by atoms with Crippen LogP contribution in [0.4, 0.5) is 0 Å². The van der Waals surface area contributed by atoms with Crippen molar-refractivity contribution >= 4 is 16.9 Å². The van der Waals surface area contributed by atoms with Crippen LogP contribution in [0.1, 0.15) is 15.9 Å². The fourth-order valence-corrected chi connectivity index (χ4v) is 5.21. The van der Waals surface area contributed by atoms with Crippen LogP contribution in [0.2, 0.25) is 0 Å². The van der Waals surface area contributed by atoms with Crippen LogP contribution in [0.15, 0.2) is 130 Å². The minimum atomic E-state index is -0.305. The molecule has 0 aliphatic carbocycles. The molecule has 0 radical (unpaired) electrons. The van der Waals surface area contributed by atoms with Crippen LogP contribution in [0.5, 0.6) is 0 Å². The van der Waals surface area contributed by atoms with Gasteiger partial charge in [-0.25, -0.2) is 4.79 Å². The summed E-state index contributed by atoms with van der Waals surface area (Å²) in [5.41, 5.74) is 1.55. The van der Waals surface area contributed by atoms with Gasteiger partial charge in [0.05, 0.1) is 16.5 Å². The first-order valence-corrected chi connectivity index (χ1v) is 10.7. The molecule has 0 atom stereocenters. The Morgan fingerprint density at radius 2 is 1.14 bits per heavy atom. The Kier molecular flexibility index (Phi) is 6.08. The van der Waals surface area contributed by atoms with Gasteiger partial charge in [-0.3, -0.25) is 0 Å². The van der Waals surface area contributed by atoms with E-state index in [1.807, 2.05) is 60.7 Å². The molecule has 4 aromatic rings. The molecule has 0 heterocycles. The summed E-state index contributed by atoms with van der Waals surface area (Å²) in [5, 5.41) is 0. The Morgan fingerprint density at radius 1 is 0.621 bits per heavy atom. The number of esters is 1. The lowest BCUT2D eigenvalue weighted by Crippen LogP contribution is -2.09. The molecule has 4 aromatic carbocycles. The predicted octanol–water partition coefficient (Wildman–Crippen LogP) is 6.14. The number of hydrogen-bond acceptors (Lipinski definition) is 2. The lowest BCUT2D eigenvalue weighted by molar-refractivity contribution is 0.0472. The van der Waals surface area contributed by atoms with Crippen LogP contribution in [-0.4, -0.2) is 5.97 Å². The highest BCUT2D eigenvalue weighted by atomic mass is 32.2. The van der Waals surface area contributed by atoms with E-state index in [0.29, 0.717) is 5.56 Å². The van der Waals surface area contributed by atoms with Gasteiger partial charge in [-0.2, -0.15) is 0 Å². The summed E-state index contributed by atoms with van der Waals surface area (Å²) in [6.45, 7) is 0.271. The Labute approximate surface area is 174 Å². The Bertz CT molecular complexity index is 1020. The van der Waals surface area contributed by atoms with Crippen LogP contribution >= 0.6 is 0 Å². The quantitative estimate of drug-likeness (QED) is 0.289. The highest BCUT2D eigenvalue weighted by molar-refractivity contribution is 7.97. The van der Waals surface area contributed by atoms with Gasteiger partial charge in [-0.1, -0.05) is 72.8 Å². The van der Waals surface area contributed by atoms with E-state index in [2.05, 4.69) is 54.6 Å². The lowest BCUT2D eigenvalue weighted by Gasteiger charge is -2.09. The van der Waals surface area contributed by atoms with Crippen molar-refractivity contribution in [2.45, 2.75) is 21.3 Å². The van der Waals surface area contributed by atoms with Gasteiger partial charge in [0, 0.05) is 6.07 Å². The Morgan fingerprint density at radius 3 is 1.72 bits per heavy atom. The van der Waals surface area contributed by atoms with Gasteiger partial charge in [0.2, 0.25) is 0 Å². The Hall–Kier alpha value is -3.30. The average molecular weight is 398 g/mol. The Balaban J connectivity index is 1.62. The SMILES string of the molecule is O=C(OCc1ccccc1)c1cccc([S+](c2ccccc2)c2ccccc2)c1. The summed E-state index contributed by atoms with van der Waals surface area (Å²) in [6.07, 6.45) is 0. The summed E-state index contributed by atoms with van der Waals surface area (Å²) >= 11 is 0. The van der Waals surface area contributed by atoms with E-state index in [0.717, 1.165) is 10.5 Å². The van der Waals surface area contributed by atoms with Crippen molar-refractivity contribution in [1.29, 1.82) is 0 Å². The number of carbonyl (C=O) groups excluding carboxylic acids is 1. The molecule has 0 spiro atoms. The van der Waals surface area contributed by atoms with E-state index in [1.165, 1.54) is 9.79 Å². The zero-order valence-electron chi connectivity index (χ0n) is 15.9. The molecule has 0 bridgehead atoms. The van der Waals surface area contributed by atoms with Gasteiger partial charge in [-0.15, -0.1) is 0 Å². The third-order valence-electron chi connectivity index (χ3n) is 4.48. The fourth-order valence-electron chi connectivity index (χ4n) is 3.08. The molecule has 0 saturated carbocycles. The van der Waals surface area contributed by atoms with Crippen molar-refractivity contribution in [3.63, 3.8) is 0 Å². The largest absolute Gasteiger partial charge is 0.457 e. The minimum absolute atomic E-state index is 0.271. The van der Waals surface area contributed by atoms with Crippen molar-refractivity contribution in [3.05, 3.63) is 126 Å². The predicted molar refractivity (Wildman–Crippen MR) is 117 cm³/mol. The summed E-state index contributed by atoms with van der Waals surface area (Å²) in [6, 6.07) is 38.3. The number of benzene rings is 4. The molecule has 4 rings (SSSR count). The zero-order valence-corrected chi connectivity index (χ0v) is 16.7. The molecule has 0 fully saturated rings. The maximum absolute atomic E-state index is 12.6. The van der Waals surface area contributed by atoms with E-state index in [9.17, 15) is 4.79 Å². The van der Waals surface area contributed by atoms with Gasteiger partial charge in [0.1, 0.15) is 6.61 Å². The zero-order chi connectivity index (χ0) is 19.9. The van der Waals surface area contributed by atoms with Crippen molar-refractivity contribution in [3.8, 4) is 0 Å². The number of ether oxygens (including phenoxy) is 1. The number of rotatable bonds is 6. The van der Waals surface area contributed by atoms with Crippen molar-refractivity contribution < 1.29 is 9.53 Å². The molecular weight excluding hydrogens is 376 g/mol. The van der Waals surface area contributed by atoms with Crippen LogP contribution in [0, 0.1) is 0 Å². The standard InChI is InChI=1S/C26H21O2S/c27-26(28-20-21-11-4-1-5-12-21)22-13-10-18-25(19-22)29(23-14-6-2-7-15-23)24-16-8-3-9-17-24/h1-19H,20H2/q+1. The van der Waals surface area contributed by atoms with Crippen molar-refractivity contribution in [2.75, 3.05) is 0 Å². The second-order valence-corrected chi connectivity index (χ2v) is 8.55. The summed E-state index contributed by atoms with van der Waals surface area (Å²) in [5.74, 6) is -0.305.